The first kappa shape index (κ1) is 29.7. The molecule has 1 unspecified atom stereocenters. The Hall–Kier alpha value is -1.83. The predicted octanol–water partition coefficient (Wildman–Crippen LogP) is 7.13. The van der Waals surface area contributed by atoms with Crippen LogP contribution in [0.15, 0.2) is 16.8 Å². The Morgan fingerprint density at radius 1 is 1.10 bits per heavy atom. The van der Waals surface area contributed by atoms with E-state index in [0.29, 0.717) is 36.5 Å². The van der Waals surface area contributed by atoms with Crippen LogP contribution in [0.4, 0.5) is 13.6 Å². The summed E-state index contributed by atoms with van der Waals surface area (Å²) in [6.07, 6.45) is 9.74. The number of allylic oxidation sites excluding steroid dienone is 1. The van der Waals surface area contributed by atoms with Crippen LogP contribution in [0.5, 0.6) is 0 Å². The summed E-state index contributed by atoms with van der Waals surface area (Å²) >= 11 is 0. The van der Waals surface area contributed by atoms with Crippen LogP contribution in [0.3, 0.4) is 0 Å². The molecule has 4 aliphatic carbocycles. The SMILES string of the molecule is C/C(=N\OC(=O)N(CCC1NCCC1(F)F)C(C)(C)C)[C@H]1CC[C@H]2[C@@H]3CCC4=CC(=O)CC[C@]4(C)[C@H]3CC[C@]12C. The van der Waals surface area contributed by atoms with Gasteiger partial charge in [-0.15, -0.1) is 0 Å². The first-order chi connectivity index (χ1) is 18.7. The monoisotopic (exact) mass is 561 g/mol. The second-order valence-corrected chi connectivity index (χ2v) is 14.9. The number of fused-ring (bicyclic) bond motifs is 5. The van der Waals surface area contributed by atoms with Crippen LogP contribution >= 0.6 is 0 Å². The molecule has 6 nitrogen and oxygen atoms in total. The molecule has 1 N–H and O–H groups in total. The number of oxime groups is 1. The highest BCUT2D eigenvalue weighted by Gasteiger charge is 2.59. The van der Waals surface area contributed by atoms with E-state index in [-0.39, 0.29) is 36.1 Å². The van der Waals surface area contributed by atoms with Gasteiger partial charge in [0.25, 0.3) is 5.92 Å². The van der Waals surface area contributed by atoms with Crippen molar-refractivity contribution in [3.63, 3.8) is 0 Å². The highest BCUT2D eigenvalue weighted by molar-refractivity contribution is 5.91. The fourth-order valence-electron chi connectivity index (χ4n) is 9.48. The second-order valence-electron chi connectivity index (χ2n) is 14.9. The summed E-state index contributed by atoms with van der Waals surface area (Å²) in [6.45, 7) is 12.9. The van der Waals surface area contributed by atoms with E-state index in [9.17, 15) is 18.4 Å². The van der Waals surface area contributed by atoms with Gasteiger partial charge in [0, 0.05) is 37.4 Å². The molecule has 0 aromatic heterocycles. The van der Waals surface area contributed by atoms with Crippen LogP contribution in [0.1, 0.15) is 106 Å². The maximum absolute atomic E-state index is 14.1. The van der Waals surface area contributed by atoms with Gasteiger partial charge in [0.1, 0.15) is 0 Å². The largest absolute Gasteiger partial charge is 0.436 e. The lowest BCUT2D eigenvalue weighted by Gasteiger charge is -2.58. The van der Waals surface area contributed by atoms with E-state index in [1.807, 2.05) is 33.8 Å². The summed E-state index contributed by atoms with van der Waals surface area (Å²) < 4.78 is 28.3. The van der Waals surface area contributed by atoms with Gasteiger partial charge in [0.2, 0.25) is 0 Å². The van der Waals surface area contributed by atoms with E-state index in [2.05, 4.69) is 24.3 Å². The molecule has 0 aromatic rings. The number of hydrogen-bond acceptors (Lipinski definition) is 5. The molecule has 3 saturated carbocycles. The fraction of sp³-hybridized carbons (Fsp3) is 0.844. The molecule has 4 fully saturated rings. The van der Waals surface area contributed by atoms with Crippen molar-refractivity contribution in [2.75, 3.05) is 13.1 Å². The number of nitrogens with zero attached hydrogens (tertiary/aromatic N) is 2. The van der Waals surface area contributed by atoms with Gasteiger partial charge in [-0.25, -0.2) is 13.6 Å². The van der Waals surface area contributed by atoms with Gasteiger partial charge < -0.3 is 10.2 Å². The molecule has 1 aliphatic heterocycles. The van der Waals surface area contributed by atoms with Crippen molar-refractivity contribution in [3.05, 3.63) is 11.6 Å². The van der Waals surface area contributed by atoms with E-state index < -0.39 is 23.6 Å². The molecule has 40 heavy (non-hydrogen) atoms. The van der Waals surface area contributed by atoms with Gasteiger partial charge >= 0.3 is 6.09 Å². The first-order valence-electron chi connectivity index (χ1n) is 15.5. The van der Waals surface area contributed by atoms with Crippen LogP contribution < -0.4 is 5.32 Å². The molecule has 0 aromatic carbocycles. The molecule has 1 heterocycles. The van der Waals surface area contributed by atoms with E-state index in [0.717, 1.165) is 44.2 Å². The van der Waals surface area contributed by atoms with Crippen molar-refractivity contribution in [2.45, 2.75) is 123 Å². The van der Waals surface area contributed by atoms with Crippen LogP contribution in [-0.4, -0.2) is 53.1 Å². The van der Waals surface area contributed by atoms with E-state index in [4.69, 9.17) is 4.84 Å². The Balaban J connectivity index is 1.25. The number of alkyl halides is 2. The van der Waals surface area contributed by atoms with Gasteiger partial charge in [-0.05, 0) is 114 Å². The van der Waals surface area contributed by atoms with Crippen molar-refractivity contribution in [3.8, 4) is 0 Å². The van der Waals surface area contributed by atoms with E-state index >= 15 is 0 Å². The van der Waals surface area contributed by atoms with Crippen molar-refractivity contribution in [1.82, 2.24) is 10.2 Å². The van der Waals surface area contributed by atoms with Gasteiger partial charge in [-0.2, -0.15) is 0 Å². The maximum atomic E-state index is 14.1. The number of hydrogen-bond donors (Lipinski definition) is 1. The number of carbonyl (C=O) groups is 2. The number of rotatable bonds is 5. The number of ketones is 1. The minimum absolute atomic E-state index is 0.118. The third kappa shape index (κ3) is 5.15. The molecule has 0 spiro atoms. The van der Waals surface area contributed by atoms with Crippen molar-refractivity contribution in [1.29, 1.82) is 0 Å². The molecule has 5 aliphatic rings. The molecular formula is C32H49F2N3O3. The lowest BCUT2D eigenvalue weighted by Crippen LogP contribution is -2.51. The summed E-state index contributed by atoms with van der Waals surface area (Å²) in [5.74, 6) is -0.291. The predicted molar refractivity (Wildman–Crippen MR) is 152 cm³/mol. The Labute approximate surface area is 238 Å². The molecule has 1 amide bonds. The van der Waals surface area contributed by atoms with Crippen molar-refractivity contribution in [2.24, 2.45) is 39.7 Å². The average molecular weight is 562 g/mol. The minimum atomic E-state index is -2.75. The average Bonchev–Trinajstić information content (AvgIpc) is 3.40. The Bertz CT molecular complexity index is 1080. The third-order valence-electron chi connectivity index (χ3n) is 11.8. The fourth-order valence-corrected chi connectivity index (χ4v) is 9.48. The number of carbonyl (C=O) groups excluding carboxylic acids is 2. The summed E-state index contributed by atoms with van der Waals surface area (Å²) in [4.78, 5) is 32.4. The van der Waals surface area contributed by atoms with Crippen molar-refractivity contribution < 1.29 is 23.2 Å². The second kappa shape index (κ2) is 10.5. The van der Waals surface area contributed by atoms with E-state index in [1.54, 1.807) is 0 Å². The highest BCUT2D eigenvalue weighted by atomic mass is 19.3. The zero-order chi connectivity index (χ0) is 29.1. The Morgan fingerprint density at radius 3 is 2.52 bits per heavy atom. The maximum Gasteiger partial charge on any atom is 0.436 e. The van der Waals surface area contributed by atoms with Crippen molar-refractivity contribution >= 4 is 17.6 Å². The van der Waals surface area contributed by atoms with Gasteiger partial charge in [-0.1, -0.05) is 24.6 Å². The molecule has 1 saturated heterocycles. The third-order valence-corrected chi connectivity index (χ3v) is 11.8. The molecule has 0 radical (unpaired) electrons. The molecular weight excluding hydrogens is 512 g/mol. The van der Waals surface area contributed by atoms with Crippen LogP contribution in [0, 0.1) is 34.5 Å². The highest BCUT2D eigenvalue weighted by Crippen LogP contribution is 2.66. The first-order valence-corrected chi connectivity index (χ1v) is 15.5. The molecule has 0 bridgehead atoms. The molecule has 8 heteroatoms. The number of amides is 1. The summed E-state index contributed by atoms with van der Waals surface area (Å²) in [7, 11) is 0. The minimum Gasteiger partial charge on any atom is -0.308 e. The zero-order valence-corrected chi connectivity index (χ0v) is 25.3. The normalized spacial score (nSPS) is 39.2. The lowest BCUT2D eigenvalue weighted by atomic mass is 9.46. The van der Waals surface area contributed by atoms with Crippen LogP contribution in [-0.2, 0) is 9.63 Å². The quantitative estimate of drug-likeness (QED) is 0.220. The Kier molecular flexibility index (Phi) is 7.76. The lowest BCUT2D eigenvalue weighted by molar-refractivity contribution is -0.117. The van der Waals surface area contributed by atoms with Crippen LogP contribution in [0.2, 0.25) is 0 Å². The van der Waals surface area contributed by atoms with Gasteiger partial charge in [-0.3, -0.25) is 9.63 Å². The summed E-state index contributed by atoms with van der Waals surface area (Å²) in [5, 5.41) is 7.27. The summed E-state index contributed by atoms with van der Waals surface area (Å²) in [6, 6.07) is -0.927. The standard InChI is InChI=1S/C32H49F2N3O3/c1-20(36-40-28(39)37(29(2,3)4)18-13-27-32(33,34)16-17-35-27)24-9-10-25-23-8-7-21-19-22(38)11-14-30(21,5)26(23)12-15-31(24,25)6/h19,23-27,35H,7-18H2,1-6H3/b36-20+/t23-,24+,25-,26-,27?,30-,31+/m0/s1. The number of halogens is 2. The van der Waals surface area contributed by atoms with Gasteiger partial charge in [0.05, 0.1) is 11.8 Å². The van der Waals surface area contributed by atoms with Gasteiger partial charge in [0.15, 0.2) is 5.78 Å². The van der Waals surface area contributed by atoms with Crippen LogP contribution in [0.25, 0.3) is 0 Å². The zero-order valence-electron chi connectivity index (χ0n) is 25.3. The van der Waals surface area contributed by atoms with E-state index in [1.165, 1.54) is 16.9 Å². The molecule has 5 rings (SSSR count). The number of nitrogens with one attached hydrogen (secondary N) is 1. The smallest absolute Gasteiger partial charge is 0.308 e. The topological polar surface area (TPSA) is 71.0 Å². The molecule has 224 valence electrons. The summed E-state index contributed by atoms with van der Waals surface area (Å²) in [5.41, 5.74) is 1.95. The molecule has 7 atom stereocenters. The Morgan fingerprint density at radius 2 is 1.85 bits per heavy atom.